The molecule has 0 aliphatic carbocycles. The van der Waals surface area contributed by atoms with Crippen LogP contribution in [0.1, 0.15) is 5.82 Å². The van der Waals surface area contributed by atoms with E-state index in [1.807, 2.05) is 78.6 Å². The summed E-state index contributed by atoms with van der Waals surface area (Å²) >= 11 is 0. The maximum atomic E-state index is 12.1. The van der Waals surface area contributed by atoms with Gasteiger partial charge in [0.15, 0.2) is 5.82 Å². The van der Waals surface area contributed by atoms with Gasteiger partial charge in [0.05, 0.1) is 0 Å². The largest absolute Gasteiger partial charge is 0.345 e. The molecule has 0 aliphatic rings. The molecular formula is C20H19N7O. The van der Waals surface area contributed by atoms with Crippen molar-refractivity contribution < 1.29 is 4.79 Å². The van der Waals surface area contributed by atoms with Crippen molar-refractivity contribution in [3.63, 3.8) is 0 Å². The molecule has 0 spiro atoms. The number of aromatic nitrogens is 5. The Morgan fingerprint density at radius 1 is 1.00 bits per heavy atom. The van der Waals surface area contributed by atoms with E-state index < -0.39 is 0 Å². The fourth-order valence-electron chi connectivity index (χ4n) is 2.76. The van der Waals surface area contributed by atoms with Gasteiger partial charge in [-0.3, -0.25) is 4.79 Å². The van der Waals surface area contributed by atoms with E-state index in [2.05, 4.69) is 25.7 Å². The summed E-state index contributed by atoms with van der Waals surface area (Å²) in [6.45, 7) is 2.12. The first-order chi connectivity index (χ1) is 13.7. The molecule has 0 unspecified atom stereocenters. The Balaban J connectivity index is 1.42. The fourth-order valence-corrected chi connectivity index (χ4v) is 2.76. The molecule has 0 saturated carbocycles. The van der Waals surface area contributed by atoms with Crippen LogP contribution in [0, 0.1) is 6.92 Å². The van der Waals surface area contributed by atoms with Crippen molar-refractivity contribution in [1.29, 1.82) is 0 Å². The number of benzene rings is 1. The summed E-state index contributed by atoms with van der Waals surface area (Å²) in [6, 6.07) is 14.9. The van der Waals surface area contributed by atoms with Gasteiger partial charge in [-0.15, -0.1) is 0 Å². The normalized spacial score (nSPS) is 10.6. The van der Waals surface area contributed by atoms with Crippen molar-refractivity contribution in [3.05, 3.63) is 79.1 Å². The first-order valence-electron chi connectivity index (χ1n) is 8.79. The highest BCUT2D eigenvalue weighted by molar-refractivity contribution is 5.90. The van der Waals surface area contributed by atoms with Crippen LogP contribution < -0.4 is 10.6 Å². The molecule has 2 N–H and O–H groups in total. The number of hydrogen-bond donors (Lipinski definition) is 2. The lowest BCUT2D eigenvalue weighted by Gasteiger charge is -2.10. The van der Waals surface area contributed by atoms with E-state index in [4.69, 9.17) is 0 Å². The van der Waals surface area contributed by atoms with E-state index in [1.54, 1.807) is 10.9 Å². The monoisotopic (exact) mass is 373 g/mol. The summed E-state index contributed by atoms with van der Waals surface area (Å²) in [6.07, 6.45) is 7.24. The Bertz CT molecular complexity index is 1050. The molecular weight excluding hydrogens is 354 g/mol. The number of nitrogens with one attached hydrogen (secondary N) is 2. The van der Waals surface area contributed by atoms with Gasteiger partial charge in [0.1, 0.15) is 18.2 Å². The summed E-state index contributed by atoms with van der Waals surface area (Å²) in [5, 5.41) is 10.3. The first kappa shape index (κ1) is 17.5. The molecule has 28 heavy (non-hydrogen) atoms. The molecule has 8 nitrogen and oxygen atoms in total. The summed E-state index contributed by atoms with van der Waals surface area (Å²) in [5.41, 5.74) is 1.59. The van der Waals surface area contributed by atoms with Gasteiger partial charge >= 0.3 is 0 Å². The highest BCUT2D eigenvalue weighted by Crippen LogP contribution is 2.19. The van der Waals surface area contributed by atoms with Crippen molar-refractivity contribution in [2.24, 2.45) is 0 Å². The van der Waals surface area contributed by atoms with Gasteiger partial charge in [-0.25, -0.2) is 14.6 Å². The number of amides is 1. The van der Waals surface area contributed by atoms with Crippen LogP contribution in [0.15, 0.2) is 73.3 Å². The number of nitrogens with zero attached hydrogens (tertiary/aromatic N) is 5. The van der Waals surface area contributed by atoms with Crippen LogP contribution in [0.3, 0.4) is 0 Å². The molecule has 8 heteroatoms. The highest BCUT2D eigenvalue weighted by atomic mass is 16.1. The Kier molecular flexibility index (Phi) is 4.83. The molecule has 0 fully saturated rings. The van der Waals surface area contributed by atoms with Gasteiger partial charge in [-0.1, -0.05) is 0 Å². The van der Waals surface area contributed by atoms with E-state index in [0.717, 1.165) is 11.4 Å². The second-order valence-electron chi connectivity index (χ2n) is 6.22. The SMILES string of the molecule is Cc1nc(Nc2ccc(NC(=O)Cn3cccc3)cc2)cc(-n2cccn2)n1. The van der Waals surface area contributed by atoms with Crippen LogP contribution >= 0.6 is 0 Å². The Morgan fingerprint density at radius 2 is 1.75 bits per heavy atom. The van der Waals surface area contributed by atoms with Gasteiger partial charge in [-0.05, 0) is 49.4 Å². The van der Waals surface area contributed by atoms with Crippen LogP contribution in [0.5, 0.6) is 0 Å². The summed E-state index contributed by atoms with van der Waals surface area (Å²) in [4.78, 5) is 20.9. The molecule has 0 bridgehead atoms. The number of carbonyl (C=O) groups is 1. The zero-order chi connectivity index (χ0) is 19.3. The molecule has 4 aromatic rings. The molecule has 140 valence electrons. The maximum Gasteiger partial charge on any atom is 0.244 e. The standard InChI is InChI=1S/C20H19N7O/c1-15-22-18(13-19(23-15)27-12-4-9-21-27)24-16-5-7-17(8-6-16)25-20(28)14-26-10-2-3-11-26/h2-13H,14H2,1H3,(H,25,28)(H,22,23,24). The van der Waals surface area contributed by atoms with Crippen LogP contribution in [0.25, 0.3) is 5.82 Å². The quantitative estimate of drug-likeness (QED) is 0.542. The number of hydrogen-bond acceptors (Lipinski definition) is 5. The Labute approximate surface area is 161 Å². The lowest BCUT2D eigenvalue weighted by atomic mass is 10.2. The predicted molar refractivity (Wildman–Crippen MR) is 107 cm³/mol. The molecule has 0 atom stereocenters. The molecule has 3 heterocycles. The second-order valence-corrected chi connectivity index (χ2v) is 6.22. The number of carbonyl (C=O) groups excluding carboxylic acids is 1. The van der Waals surface area contributed by atoms with Crippen LogP contribution in [-0.2, 0) is 11.3 Å². The van der Waals surface area contributed by atoms with Crippen LogP contribution in [0.2, 0.25) is 0 Å². The number of rotatable bonds is 6. The second kappa shape index (κ2) is 7.75. The zero-order valence-electron chi connectivity index (χ0n) is 15.3. The average molecular weight is 373 g/mol. The van der Waals surface area contributed by atoms with Gasteiger partial charge in [0.25, 0.3) is 0 Å². The van der Waals surface area contributed by atoms with E-state index in [1.165, 1.54) is 0 Å². The van der Waals surface area contributed by atoms with Gasteiger partial charge in [-0.2, -0.15) is 5.10 Å². The van der Waals surface area contributed by atoms with E-state index in [0.29, 0.717) is 17.5 Å². The topological polar surface area (TPSA) is 89.7 Å². The number of aryl methyl sites for hydroxylation is 1. The van der Waals surface area contributed by atoms with Crippen molar-refractivity contribution >= 4 is 23.1 Å². The molecule has 1 aromatic carbocycles. The Morgan fingerprint density at radius 3 is 2.46 bits per heavy atom. The van der Waals surface area contributed by atoms with Crippen LogP contribution in [0.4, 0.5) is 17.2 Å². The summed E-state index contributed by atoms with van der Waals surface area (Å²) in [7, 11) is 0. The van der Waals surface area contributed by atoms with E-state index in [-0.39, 0.29) is 12.5 Å². The van der Waals surface area contributed by atoms with E-state index in [9.17, 15) is 4.79 Å². The molecule has 3 aromatic heterocycles. The minimum atomic E-state index is -0.0767. The van der Waals surface area contributed by atoms with Crippen molar-refractivity contribution in [1.82, 2.24) is 24.3 Å². The van der Waals surface area contributed by atoms with Gasteiger partial charge in [0.2, 0.25) is 5.91 Å². The average Bonchev–Trinajstić information content (AvgIpc) is 3.37. The highest BCUT2D eigenvalue weighted by Gasteiger charge is 2.06. The van der Waals surface area contributed by atoms with Gasteiger partial charge in [0, 0.05) is 42.2 Å². The van der Waals surface area contributed by atoms with Gasteiger partial charge < -0.3 is 15.2 Å². The van der Waals surface area contributed by atoms with Crippen molar-refractivity contribution in [2.75, 3.05) is 10.6 Å². The summed E-state index contributed by atoms with van der Waals surface area (Å²) < 4.78 is 3.50. The third-order valence-electron chi connectivity index (χ3n) is 4.00. The van der Waals surface area contributed by atoms with E-state index >= 15 is 0 Å². The Hall–Kier alpha value is -3.94. The third-order valence-corrected chi connectivity index (χ3v) is 4.00. The third kappa shape index (κ3) is 4.24. The smallest absolute Gasteiger partial charge is 0.244 e. The minimum absolute atomic E-state index is 0.0767. The van der Waals surface area contributed by atoms with Crippen molar-refractivity contribution in [3.8, 4) is 5.82 Å². The van der Waals surface area contributed by atoms with Crippen molar-refractivity contribution in [2.45, 2.75) is 13.5 Å². The molecule has 4 rings (SSSR count). The fraction of sp³-hybridized carbons (Fsp3) is 0.100. The lowest BCUT2D eigenvalue weighted by molar-refractivity contribution is -0.116. The zero-order valence-corrected chi connectivity index (χ0v) is 15.3. The molecule has 1 amide bonds. The minimum Gasteiger partial charge on any atom is -0.345 e. The molecule has 0 radical (unpaired) electrons. The summed E-state index contributed by atoms with van der Waals surface area (Å²) in [5.74, 6) is 1.92. The lowest BCUT2D eigenvalue weighted by Crippen LogP contribution is -2.17. The predicted octanol–water partition coefficient (Wildman–Crippen LogP) is 3.15. The molecule has 0 saturated heterocycles. The number of anilines is 3. The first-order valence-corrected chi connectivity index (χ1v) is 8.79. The molecule has 0 aliphatic heterocycles. The maximum absolute atomic E-state index is 12.1. The van der Waals surface area contributed by atoms with Crippen LogP contribution in [-0.4, -0.2) is 30.2 Å².